The molecule has 0 unspecified atom stereocenters. The van der Waals surface area contributed by atoms with E-state index in [-0.39, 0.29) is 5.56 Å². The van der Waals surface area contributed by atoms with E-state index in [1.165, 1.54) is 36.4 Å². The minimum Gasteiger partial charge on any atom is -0.478 e. The molecule has 2 rings (SSSR count). The number of hydrogen-bond donors (Lipinski definition) is 2. The Bertz CT molecular complexity index is 665. The normalized spacial score (nSPS) is 10.1. The highest BCUT2D eigenvalue weighted by atomic mass is 19.1. The Morgan fingerprint density at radius 1 is 1.05 bits per heavy atom. The van der Waals surface area contributed by atoms with Gasteiger partial charge in [0.25, 0.3) is 5.91 Å². The van der Waals surface area contributed by atoms with E-state index < -0.39 is 17.7 Å². The summed E-state index contributed by atoms with van der Waals surface area (Å²) in [7, 11) is 0. The Kier molecular flexibility index (Phi) is 3.79. The molecule has 2 aromatic rings. The van der Waals surface area contributed by atoms with E-state index in [9.17, 15) is 14.0 Å². The number of benzene rings is 2. The van der Waals surface area contributed by atoms with Gasteiger partial charge in [-0.05, 0) is 48.9 Å². The standard InChI is InChI=1S/C15H12FNO3/c1-9-2-3-11(15(19)20)8-13(9)17-14(18)10-4-6-12(16)7-5-10/h2-8H,1H3,(H,17,18)(H,19,20). The summed E-state index contributed by atoms with van der Waals surface area (Å²) in [5, 5.41) is 11.5. The first-order valence-corrected chi connectivity index (χ1v) is 5.88. The van der Waals surface area contributed by atoms with Gasteiger partial charge in [0.2, 0.25) is 0 Å². The number of anilines is 1. The Labute approximate surface area is 114 Å². The molecule has 0 saturated carbocycles. The van der Waals surface area contributed by atoms with Crippen molar-refractivity contribution in [1.29, 1.82) is 0 Å². The summed E-state index contributed by atoms with van der Waals surface area (Å²) in [6.07, 6.45) is 0. The number of carbonyl (C=O) groups excluding carboxylic acids is 1. The van der Waals surface area contributed by atoms with Crippen LogP contribution in [0.5, 0.6) is 0 Å². The zero-order valence-electron chi connectivity index (χ0n) is 10.7. The second kappa shape index (κ2) is 5.52. The van der Waals surface area contributed by atoms with E-state index in [0.717, 1.165) is 5.56 Å². The van der Waals surface area contributed by atoms with E-state index in [0.29, 0.717) is 11.3 Å². The number of aromatic carboxylic acids is 1. The number of amides is 1. The third kappa shape index (κ3) is 3.00. The van der Waals surface area contributed by atoms with Gasteiger partial charge in [-0.1, -0.05) is 6.07 Å². The van der Waals surface area contributed by atoms with Crippen molar-refractivity contribution in [2.45, 2.75) is 6.92 Å². The van der Waals surface area contributed by atoms with Crippen LogP contribution in [0.1, 0.15) is 26.3 Å². The summed E-state index contributed by atoms with van der Waals surface area (Å²) in [6, 6.07) is 9.57. The van der Waals surface area contributed by atoms with Gasteiger partial charge in [-0.25, -0.2) is 9.18 Å². The van der Waals surface area contributed by atoms with Crippen LogP contribution >= 0.6 is 0 Å². The molecule has 0 saturated heterocycles. The molecule has 0 aliphatic heterocycles. The number of aryl methyl sites for hydroxylation is 1. The molecule has 0 aromatic heterocycles. The second-order valence-electron chi connectivity index (χ2n) is 4.30. The van der Waals surface area contributed by atoms with Gasteiger partial charge in [-0.15, -0.1) is 0 Å². The molecule has 2 aromatic carbocycles. The summed E-state index contributed by atoms with van der Waals surface area (Å²) < 4.78 is 12.8. The predicted octanol–water partition coefficient (Wildman–Crippen LogP) is 3.08. The maximum Gasteiger partial charge on any atom is 0.335 e. The molecule has 5 heteroatoms. The van der Waals surface area contributed by atoms with Crippen molar-refractivity contribution in [3.05, 3.63) is 65.0 Å². The maximum atomic E-state index is 12.8. The largest absolute Gasteiger partial charge is 0.478 e. The zero-order chi connectivity index (χ0) is 14.7. The first-order chi connectivity index (χ1) is 9.47. The fraction of sp³-hybridized carbons (Fsp3) is 0.0667. The molecule has 0 radical (unpaired) electrons. The van der Waals surface area contributed by atoms with Gasteiger partial charge in [-0.3, -0.25) is 4.79 Å². The minimum absolute atomic E-state index is 0.0880. The molecular formula is C15H12FNO3. The average molecular weight is 273 g/mol. The summed E-state index contributed by atoms with van der Waals surface area (Å²) in [5.74, 6) is -1.91. The lowest BCUT2D eigenvalue weighted by Gasteiger charge is -2.09. The number of carbonyl (C=O) groups is 2. The minimum atomic E-state index is -1.07. The van der Waals surface area contributed by atoms with E-state index in [1.807, 2.05) is 0 Å². The first kappa shape index (κ1) is 13.7. The Balaban J connectivity index is 2.25. The van der Waals surface area contributed by atoms with Crippen molar-refractivity contribution in [2.24, 2.45) is 0 Å². The van der Waals surface area contributed by atoms with E-state index in [1.54, 1.807) is 13.0 Å². The lowest BCUT2D eigenvalue weighted by Crippen LogP contribution is -2.13. The van der Waals surface area contributed by atoms with Crippen molar-refractivity contribution in [3.63, 3.8) is 0 Å². The van der Waals surface area contributed by atoms with Crippen LogP contribution in [-0.4, -0.2) is 17.0 Å². The molecule has 20 heavy (non-hydrogen) atoms. The maximum absolute atomic E-state index is 12.8. The van der Waals surface area contributed by atoms with E-state index in [4.69, 9.17) is 5.11 Å². The third-order valence-corrected chi connectivity index (χ3v) is 2.84. The van der Waals surface area contributed by atoms with Crippen LogP contribution in [-0.2, 0) is 0 Å². The SMILES string of the molecule is Cc1ccc(C(=O)O)cc1NC(=O)c1ccc(F)cc1. The summed E-state index contributed by atoms with van der Waals surface area (Å²) >= 11 is 0. The average Bonchev–Trinajstić information content (AvgIpc) is 2.41. The van der Waals surface area contributed by atoms with Crippen LogP contribution < -0.4 is 5.32 Å². The second-order valence-corrected chi connectivity index (χ2v) is 4.30. The van der Waals surface area contributed by atoms with Crippen LogP contribution in [0.15, 0.2) is 42.5 Å². The van der Waals surface area contributed by atoms with Crippen LogP contribution in [0.3, 0.4) is 0 Å². The fourth-order valence-electron chi connectivity index (χ4n) is 1.69. The van der Waals surface area contributed by atoms with Gasteiger partial charge in [0.05, 0.1) is 5.56 Å². The quantitative estimate of drug-likeness (QED) is 0.903. The smallest absolute Gasteiger partial charge is 0.335 e. The summed E-state index contributed by atoms with van der Waals surface area (Å²) in [6.45, 7) is 1.76. The highest BCUT2D eigenvalue weighted by Gasteiger charge is 2.10. The Hall–Kier alpha value is -2.69. The van der Waals surface area contributed by atoms with E-state index >= 15 is 0 Å². The molecule has 0 aliphatic carbocycles. The van der Waals surface area contributed by atoms with Crippen LogP contribution in [0.2, 0.25) is 0 Å². The van der Waals surface area contributed by atoms with Crippen LogP contribution in [0.25, 0.3) is 0 Å². The number of halogens is 1. The molecule has 102 valence electrons. The van der Waals surface area contributed by atoms with Gasteiger partial charge in [0, 0.05) is 11.3 Å². The van der Waals surface area contributed by atoms with Crippen molar-refractivity contribution in [1.82, 2.24) is 0 Å². The van der Waals surface area contributed by atoms with Crippen LogP contribution in [0, 0.1) is 12.7 Å². The Morgan fingerprint density at radius 3 is 2.25 bits per heavy atom. The fourth-order valence-corrected chi connectivity index (χ4v) is 1.69. The molecule has 4 nitrogen and oxygen atoms in total. The number of carboxylic acid groups (broad SMARTS) is 1. The number of hydrogen-bond acceptors (Lipinski definition) is 2. The molecule has 0 aliphatic rings. The van der Waals surface area contributed by atoms with Crippen molar-refractivity contribution < 1.29 is 19.1 Å². The highest BCUT2D eigenvalue weighted by molar-refractivity contribution is 6.05. The zero-order valence-corrected chi connectivity index (χ0v) is 10.7. The lowest BCUT2D eigenvalue weighted by atomic mass is 10.1. The molecule has 1 amide bonds. The van der Waals surface area contributed by atoms with Crippen molar-refractivity contribution in [2.75, 3.05) is 5.32 Å². The number of rotatable bonds is 3. The summed E-state index contributed by atoms with van der Waals surface area (Å²) in [4.78, 5) is 22.9. The third-order valence-electron chi connectivity index (χ3n) is 2.84. The van der Waals surface area contributed by atoms with Crippen molar-refractivity contribution in [3.8, 4) is 0 Å². The topological polar surface area (TPSA) is 66.4 Å². The van der Waals surface area contributed by atoms with Gasteiger partial charge < -0.3 is 10.4 Å². The summed E-state index contributed by atoms with van der Waals surface area (Å²) in [5.41, 5.74) is 1.54. The molecule has 0 spiro atoms. The number of nitrogens with one attached hydrogen (secondary N) is 1. The van der Waals surface area contributed by atoms with Crippen molar-refractivity contribution >= 4 is 17.6 Å². The molecule has 0 atom stereocenters. The lowest BCUT2D eigenvalue weighted by molar-refractivity contribution is 0.0696. The molecule has 0 fully saturated rings. The highest BCUT2D eigenvalue weighted by Crippen LogP contribution is 2.18. The molecule has 0 heterocycles. The monoisotopic (exact) mass is 273 g/mol. The first-order valence-electron chi connectivity index (χ1n) is 5.88. The van der Waals surface area contributed by atoms with Crippen LogP contribution in [0.4, 0.5) is 10.1 Å². The van der Waals surface area contributed by atoms with Gasteiger partial charge in [-0.2, -0.15) is 0 Å². The molecule has 0 bridgehead atoms. The van der Waals surface area contributed by atoms with Gasteiger partial charge in [0.1, 0.15) is 5.82 Å². The van der Waals surface area contributed by atoms with E-state index in [2.05, 4.69) is 5.32 Å². The predicted molar refractivity (Wildman–Crippen MR) is 72.5 cm³/mol. The number of carboxylic acids is 1. The van der Waals surface area contributed by atoms with Gasteiger partial charge >= 0.3 is 5.97 Å². The Morgan fingerprint density at radius 2 is 1.65 bits per heavy atom. The van der Waals surface area contributed by atoms with Gasteiger partial charge in [0.15, 0.2) is 0 Å². The molecule has 2 N–H and O–H groups in total. The molecular weight excluding hydrogens is 261 g/mol.